The van der Waals surface area contributed by atoms with Crippen LogP contribution >= 0.6 is 23.4 Å². The van der Waals surface area contributed by atoms with E-state index in [1.807, 2.05) is 26.8 Å². The lowest BCUT2D eigenvalue weighted by Gasteiger charge is -2.23. The molecule has 0 aliphatic heterocycles. The third kappa shape index (κ3) is 4.56. The maximum absolute atomic E-state index is 13.2. The summed E-state index contributed by atoms with van der Waals surface area (Å²) in [5.41, 5.74) is 0.673. The molecule has 28 heavy (non-hydrogen) atoms. The maximum atomic E-state index is 13.2. The first-order chi connectivity index (χ1) is 13.2. The Bertz CT molecular complexity index is 1090. The van der Waals surface area contributed by atoms with Crippen molar-refractivity contribution in [3.8, 4) is 5.69 Å². The Labute approximate surface area is 173 Å². The Hall–Kier alpha value is -2.31. The van der Waals surface area contributed by atoms with Gasteiger partial charge in [0.1, 0.15) is 0 Å². The first kappa shape index (κ1) is 20.4. The molecule has 146 valence electrons. The second-order valence-corrected chi connectivity index (χ2v) is 9.28. The van der Waals surface area contributed by atoms with Gasteiger partial charge >= 0.3 is 0 Å². The molecule has 1 aromatic heterocycles. The van der Waals surface area contributed by atoms with Gasteiger partial charge in [-0.1, -0.05) is 41.6 Å². The SMILES string of the molecule is C[C@H](Sc1nc2ccccc2c(=O)n1-c1cccc(Cl)c1)C(=O)NC(C)(C)C. The normalized spacial score (nSPS) is 12.8. The summed E-state index contributed by atoms with van der Waals surface area (Å²) in [6, 6.07) is 14.2. The van der Waals surface area contributed by atoms with Gasteiger partial charge < -0.3 is 5.32 Å². The van der Waals surface area contributed by atoms with Gasteiger partial charge in [-0.05, 0) is 58.0 Å². The Kier molecular flexibility index (Phi) is 5.82. The number of thioether (sulfide) groups is 1. The van der Waals surface area contributed by atoms with Crippen LogP contribution in [0.3, 0.4) is 0 Å². The van der Waals surface area contributed by atoms with E-state index in [0.29, 0.717) is 26.8 Å². The molecule has 3 rings (SSSR count). The van der Waals surface area contributed by atoms with Crippen molar-refractivity contribution in [1.82, 2.24) is 14.9 Å². The van der Waals surface area contributed by atoms with E-state index < -0.39 is 5.25 Å². The van der Waals surface area contributed by atoms with Crippen molar-refractivity contribution >= 4 is 40.2 Å². The summed E-state index contributed by atoms with van der Waals surface area (Å²) in [6.45, 7) is 7.59. The molecule has 1 heterocycles. The maximum Gasteiger partial charge on any atom is 0.266 e. The molecule has 0 saturated carbocycles. The van der Waals surface area contributed by atoms with Gasteiger partial charge in [-0.2, -0.15) is 0 Å². The van der Waals surface area contributed by atoms with E-state index in [1.54, 1.807) is 49.4 Å². The minimum Gasteiger partial charge on any atom is -0.351 e. The number of amides is 1. The zero-order valence-corrected chi connectivity index (χ0v) is 17.8. The number of rotatable bonds is 4. The van der Waals surface area contributed by atoms with Crippen molar-refractivity contribution in [2.45, 2.75) is 43.6 Å². The third-order valence-corrected chi connectivity index (χ3v) is 5.25. The number of fused-ring (bicyclic) bond motifs is 1. The number of hydrogen-bond donors (Lipinski definition) is 1. The van der Waals surface area contributed by atoms with E-state index in [9.17, 15) is 9.59 Å². The first-order valence-corrected chi connectivity index (χ1v) is 10.2. The highest BCUT2D eigenvalue weighted by Gasteiger charge is 2.23. The van der Waals surface area contributed by atoms with Crippen molar-refractivity contribution in [3.05, 3.63) is 63.9 Å². The van der Waals surface area contributed by atoms with Crippen LogP contribution in [0.5, 0.6) is 0 Å². The van der Waals surface area contributed by atoms with Crippen molar-refractivity contribution in [2.24, 2.45) is 0 Å². The molecule has 1 N–H and O–H groups in total. The lowest BCUT2D eigenvalue weighted by Crippen LogP contribution is -2.44. The molecule has 1 amide bonds. The Morgan fingerprint density at radius 1 is 1.18 bits per heavy atom. The van der Waals surface area contributed by atoms with E-state index in [4.69, 9.17) is 11.6 Å². The molecule has 0 radical (unpaired) electrons. The quantitative estimate of drug-likeness (QED) is 0.505. The van der Waals surface area contributed by atoms with Crippen LogP contribution in [0.25, 0.3) is 16.6 Å². The molecular weight excluding hydrogens is 394 g/mol. The van der Waals surface area contributed by atoms with Crippen LogP contribution in [0.15, 0.2) is 58.5 Å². The van der Waals surface area contributed by atoms with Gasteiger partial charge in [-0.15, -0.1) is 0 Å². The molecular formula is C21H22ClN3O2S. The zero-order valence-electron chi connectivity index (χ0n) is 16.2. The van der Waals surface area contributed by atoms with Crippen molar-refractivity contribution < 1.29 is 4.79 Å². The molecule has 3 aromatic rings. The summed E-state index contributed by atoms with van der Waals surface area (Å²) in [6.07, 6.45) is 0. The average Bonchev–Trinajstić information content (AvgIpc) is 2.60. The number of nitrogens with zero attached hydrogens (tertiary/aromatic N) is 2. The third-order valence-electron chi connectivity index (χ3n) is 3.96. The van der Waals surface area contributed by atoms with Crippen LogP contribution in [-0.4, -0.2) is 26.2 Å². The number of benzene rings is 2. The summed E-state index contributed by atoms with van der Waals surface area (Å²) in [7, 11) is 0. The number of hydrogen-bond acceptors (Lipinski definition) is 4. The van der Waals surface area contributed by atoms with Crippen LogP contribution in [0.4, 0.5) is 0 Å². The summed E-state index contributed by atoms with van der Waals surface area (Å²) >= 11 is 7.39. The number of carbonyl (C=O) groups is 1. The second kappa shape index (κ2) is 7.97. The molecule has 0 aliphatic rings. The minimum absolute atomic E-state index is 0.113. The van der Waals surface area contributed by atoms with E-state index in [1.165, 1.54) is 16.3 Å². The van der Waals surface area contributed by atoms with Crippen molar-refractivity contribution in [2.75, 3.05) is 0 Å². The number of nitrogens with one attached hydrogen (secondary N) is 1. The van der Waals surface area contributed by atoms with E-state index in [-0.39, 0.29) is 17.0 Å². The lowest BCUT2D eigenvalue weighted by molar-refractivity contribution is -0.121. The molecule has 0 aliphatic carbocycles. The minimum atomic E-state index is -0.433. The topological polar surface area (TPSA) is 64.0 Å². The van der Waals surface area contributed by atoms with E-state index >= 15 is 0 Å². The van der Waals surface area contributed by atoms with Gasteiger partial charge in [-0.3, -0.25) is 14.2 Å². The molecule has 0 fully saturated rings. The predicted molar refractivity (Wildman–Crippen MR) is 116 cm³/mol. The molecule has 7 heteroatoms. The molecule has 0 unspecified atom stereocenters. The smallest absolute Gasteiger partial charge is 0.266 e. The molecule has 5 nitrogen and oxygen atoms in total. The van der Waals surface area contributed by atoms with Gasteiger partial charge in [0.2, 0.25) is 5.91 Å². The van der Waals surface area contributed by atoms with Crippen LogP contribution in [0, 0.1) is 0 Å². The van der Waals surface area contributed by atoms with Crippen LogP contribution < -0.4 is 10.9 Å². The fourth-order valence-corrected chi connectivity index (χ4v) is 3.83. The standard InChI is InChI=1S/C21H22ClN3O2S/c1-13(18(26)24-21(2,3)4)28-20-23-17-11-6-5-10-16(17)19(27)25(20)15-9-7-8-14(22)12-15/h5-13H,1-4H3,(H,24,26)/t13-/m0/s1. The summed E-state index contributed by atoms with van der Waals surface area (Å²) in [4.78, 5) is 30.4. The van der Waals surface area contributed by atoms with Crippen LogP contribution in [0.1, 0.15) is 27.7 Å². The molecule has 1 atom stereocenters. The molecule has 0 spiro atoms. The number of carbonyl (C=O) groups excluding carboxylic acids is 1. The van der Waals surface area contributed by atoms with Crippen LogP contribution in [-0.2, 0) is 4.79 Å². The van der Waals surface area contributed by atoms with E-state index in [0.717, 1.165) is 0 Å². The van der Waals surface area contributed by atoms with Gasteiger partial charge in [0.05, 0.1) is 21.8 Å². The second-order valence-electron chi connectivity index (χ2n) is 7.53. The lowest BCUT2D eigenvalue weighted by atomic mass is 10.1. The monoisotopic (exact) mass is 415 g/mol. The molecule has 0 bridgehead atoms. The summed E-state index contributed by atoms with van der Waals surface area (Å²) in [5, 5.41) is 4.01. The fraction of sp³-hybridized carbons (Fsp3) is 0.286. The zero-order chi connectivity index (χ0) is 20.5. The highest BCUT2D eigenvalue weighted by Crippen LogP contribution is 2.26. The summed E-state index contributed by atoms with van der Waals surface area (Å²) in [5.74, 6) is -0.113. The fourth-order valence-electron chi connectivity index (χ4n) is 2.72. The first-order valence-electron chi connectivity index (χ1n) is 8.92. The average molecular weight is 416 g/mol. The highest BCUT2D eigenvalue weighted by molar-refractivity contribution is 8.00. The van der Waals surface area contributed by atoms with Gasteiger partial charge in [-0.25, -0.2) is 4.98 Å². The van der Waals surface area contributed by atoms with Crippen molar-refractivity contribution in [3.63, 3.8) is 0 Å². The summed E-state index contributed by atoms with van der Waals surface area (Å²) < 4.78 is 1.51. The number of halogens is 1. The Morgan fingerprint density at radius 3 is 2.57 bits per heavy atom. The van der Waals surface area contributed by atoms with Gasteiger partial charge in [0, 0.05) is 10.6 Å². The molecule has 0 saturated heterocycles. The molecule has 2 aromatic carbocycles. The predicted octanol–water partition coefficient (Wildman–Crippen LogP) is 4.43. The highest BCUT2D eigenvalue weighted by atomic mass is 35.5. The Balaban J connectivity index is 2.11. The van der Waals surface area contributed by atoms with Crippen molar-refractivity contribution in [1.29, 1.82) is 0 Å². The Morgan fingerprint density at radius 2 is 1.89 bits per heavy atom. The largest absolute Gasteiger partial charge is 0.351 e. The van der Waals surface area contributed by atoms with Gasteiger partial charge in [0.15, 0.2) is 5.16 Å². The number of aromatic nitrogens is 2. The van der Waals surface area contributed by atoms with E-state index in [2.05, 4.69) is 10.3 Å². The number of para-hydroxylation sites is 1. The van der Waals surface area contributed by atoms with Gasteiger partial charge in [0.25, 0.3) is 5.56 Å². The van der Waals surface area contributed by atoms with Crippen LogP contribution in [0.2, 0.25) is 5.02 Å².